The summed E-state index contributed by atoms with van der Waals surface area (Å²) in [6, 6.07) is 8.25. The van der Waals surface area contributed by atoms with E-state index in [4.69, 9.17) is 10.6 Å². The second kappa shape index (κ2) is 7.81. The summed E-state index contributed by atoms with van der Waals surface area (Å²) < 4.78 is 5.15. The topological polar surface area (TPSA) is 64.7 Å². The lowest BCUT2D eigenvalue weighted by Gasteiger charge is -2.27. The van der Waals surface area contributed by atoms with Gasteiger partial charge in [0.2, 0.25) is 0 Å². The van der Waals surface area contributed by atoms with E-state index in [2.05, 4.69) is 24.2 Å². The minimum Gasteiger partial charge on any atom is -0.465 e. The van der Waals surface area contributed by atoms with Gasteiger partial charge in [0, 0.05) is 0 Å². The van der Waals surface area contributed by atoms with Gasteiger partial charge in [0.15, 0.2) is 0 Å². The molecule has 0 spiro atoms. The quantitative estimate of drug-likeness (QED) is 0.288. The smallest absolute Gasteiger partial charge is 0.309 e. The van der Waals surface area contributed by atoms with Crippen molar-refractivity contribution >= 4 is 12.2 Å². The zero-order valence-corrected chi connectivity index (χ0v) is 12.6. The molecule has 0 saturated carbocycles. The van der Waals surface area contributed by atoms with Crippen LogP contribution in [-0.2, 0) is 16.0 Å². The van der Waals surface area contributed by atoms with Crippen molar-refractivity contribution in [2.75, 3.05) is 6.61 Å². The average molecular weight is 288 g/mol. The molecule has 114 valence electrons. The van der Waals surface area contributed by atoms with Gasteiger partial charge in [0.25, 0.3) is 0 Å². The van der Waals surface area contributed by atoms with E-state index in [9.17, 15) is 4.79 Å². The standard InChI is InChI=1S/C17H24N2O2/c1-13-10-11-21-17(20)16(13)5-3-2-4-14-6-8-15(9-7-14)12-19-18/h6-9,12-13,16H,2-5,10-11,18H2,1H3. The van der Waals surface area contributed by atoms with Crippen molar-refractivity contribution in [3.8, 4) is 0 Å². The van der Waals surface area contributed by atoms with Crippen molar-refractivity contribution in [3.63, 3.8) is 0 Å². The number of hydrazone groups is 1. The number of benzene rings is 1. The fourth-order valence-electron chi connectivity index (χ4n) is 2.84. The third kappa shape index (κ3) is 4.59. The molecule has 1 aliphatic heterocycles. The Bertz CT molecular complexity index is 482. The third-order valence-corrected chi connectivity index (χ3v) is 4.24. The summed E-state index contributed by atoms with van der Waals surface area (Å²) in [5.74, 6) is 5.68. The Morgan fingerprint density at radius 1 is 1.33 bits per heavy atom. The van der Waals surface area contributed by atoms with Gasteiger partial charge in [-0.15, -0.1) is 0 Å². The highest BCUT2D eigenvalue weighted by Gasteiger charge is 2.29. The minimum absolute atomic E-state index is 0.000764. The van der Waals surface area contributed by atoms with Crippen LogP contribution in [0.3, 0.4) is 0 Å². The molecule has 1 heterocycles. The molecule has 2 unspecified atom stereocenters. The molecule has 0 bridgehead atoms. The van der Waals surface area contributed by atoms with Crippen LogP contribution in [0.15, 0.2) is 29.4 Å². The number of aryl methyl sites for hydroxylation is 1. The van der Waals surface area contributed by atoms with Gasteiger partial charge in [-0.1, -0.05) is 37.6 Å². The van der Waals surface area contributed by atoms with Gasteiger partial charge >= 0.3 is 5.97 Å². The molecule has 0 aliphatic carbocycles. The SMILES string of the molecule is CC1CCOC(=O)C1CCCCc1ccc(C=NN)cc1. The number of cyclic esters (lactones) is 1. The summed E-state index contributed by atoms with van der Waals surface area (Å²) in [6.45, 7) is 2.75. The number of carbonyl (C=O) groups is 1. The predicted octanol–water partition coefficient (Wildman–Crippen LogP) is 2.89. The molecule has 4 heteroatoms. The number of unbranched alkanes of at least 4 members (excludes halogenated alkanes) is 1. The number of esters is 1. The second-order valence-corrected chi connectivity index (χ2v) is 5.81. The Hall–Kier alpha value is -1.84. The summed E-state index contributed by atoms with van der Waals surface area (Å²) in [5.41, 5.74) is 2.32. The fourth-order valence-corrected chi connectivity index (χ4v) is 2.84. The van der Waals surface area contributed by atoms with E-state index < -0.39 is 0 Å². The predicted molar refractivity (Wildman–Crippen MR) is 84.0 cm³/mol. The van der Waals surface area contributed by atoms with E-state index in [0.717, 1.165) is 37.7 Å². The molecule has 1 aliphatic rings. The first-order chi connectivity index (χ1) is 10.2. The van der Waals surface area contributed by atoms with Crippen molar-refractivity contribution in [2.45, 2.75) is 39.0 Å². The van der Waals surface area contributed by atoms with Gasteiger partial charge < -0.3 is 10.6 Å². The molecular weight excluding hydrogens is 264 g/mol. The molecule has 1 aromatic carbocycles. The zero-order valence-electron chi connectivity index (χ0n) is 12.6. The van der Waals surface area contributed by atoms with Crippen molar-refractivity contribution in [3.05, 3.63) is 35.4 Å². The van der Waals surface area contributed by atoms with E-state index in [0.29, 0.717) is 12.5 Å². The lowest BCUT2D eigenvalue weighted by atomic mass is 9.85. The van der Waals surface area contributed by atoms with Crippen LogP contribution in [0.2, 0.25) is 0 Å². The molecule has 4 nitrogen and oxygen atoms in total. The second-order valence-electron chi connectivity index (χ2n) is 5.81. The maximum absolute atomic E-state index is 11.7. The van der Waals surface area contributed by atoms with E-state index in [1.54, 1.807) is 6.21 Å². The summed E-state index contributed by atoms with van der Waals surface area (Å²) in [4.78, 5) is 11.7. The van der Waals surface area contributed by atoms with Crippen LogP contribution in [-0.4, -0.2) is 18.8 Å². The molecule has 0 radical (unpaired) electrons. The Morgan fingerprint density at radius 2 is 2.10 bits per heavy atom. The maximum atomic E-state index is 11.7. The molecule has 21 heavy (non-hydrogen) atoms. The third-order valence-electron chi connectivity index (χ3n) is 4.24. The average Bonchev–Trinajstić information content (AvgIpc) is 2.48. The summed E-state index contributed by atoms with van der Waals surface area (Å²) in [6.07, 6.45) is 6.78. The van der Waals surface area contributed by atoms with Crippen LogP contribution in [0.4, 0.5) is 0 Å². The van der Waals surface area contributed by atoms with Crippen LogP contribution >= 0.6 is 0 Å². The Balaban J connectivity index is 1.72. The molecule has 1 saturated heterocycles. The van der Waals surface area contributed by atoms with Gasteiger partial charge in [0.1, 0.15) is 0 Å². The van der Waals surface area contributed by atoms with Gasteiger partial charge in [-0.3, -0.25) is 4.79 Å². The van der Waals surface area contributed by atoms with Crippen molar-refractivity contribution in [1.29, 1.82) is 0 Å². The number of carbonyl (C=O) groups excluding carboxylic acids is 1. The number of hydrogen-bond acceptors (Lipinski definition) is 4. The van der Waals surface area contributed by atoms with Crippen LogP contribution < -0.4 is 5.84 Å². The van der Waals surface area contributed by atoms with Crippen LogP contribution in [0, 0.1) is 11.8 Å². The first-order valence-electron chi connectivity index (χ1n) is 7.69. The number of ether oxygens (including phenoxy) is 1. The largest absolute Gasteiger partial charge is 0.465 e. The summed E-state index contributed by atoms with van der Waals surface area (Å²) >= 11 is 0. The van der Waals surface area contributed by atoms with E-state index in [1.165, 1.54) is 5.56 Å². The molecule has 1 aromatic rings. The molecule has 1 fully saturated rings. The molecule has 0 aromatic heterocycles. The minimum atomic E-state index is -0.000764. The number of hydrogen-bond donors (Lipinski definition) is 1. The molecule has 2 atom stereocenters. The van der Waals surface area contributed by atoms with Crippen molar-refractivity contribution in [1.82, 2.24) is 0 Å². The Kier molecular flexibility index (Phi) is 5.78. The van der Waals surface area contributed by atoms with Gasteiger partial charge in [0.05, 0.1) is 18.7 Å². The lowest BCUT2D eigenvalue weighted by Crippen LogP contribution is -2.30. The van der Waals surface area contributed by atoms with Gasteiger partial charge in [-0.05, 0) is 42.7 Å². The van der Waals surface area contributed by atoms with Crippen LogP contribution in [0.1, 0.15) is 43.7 Å². The highest BCUT2D eigenvalue weighted by atomic mass is 16.5. The highest BCUT2D eigenvalue weighted by Crippen LogP contribution is 2.27. The molecule has 2 rings (SSSR count). The molecule has 2 N–H and O–H groups in total. The van der Waals surface area contributed by atoms with Gasteiger partial charge in [-0.2, -0.15) is 5.10 Å². The van der Waals surface area contributed by atoms with Crippen molar-refractivity contribution < 1.29 is 9.53 Å². The fraction of sp³-hybridized carbons (Fsp3) is 0.529. The van der Waals surface area contributed by atoms with E-state index >= 15 is 0 Å². The molecular formula is C17H24N2O2. The van der Waals surface area contributed by atoms with Crippen molar-refractivity contribution in [2.24, 2.45) is 22.8 Å². The zero-order chi connectivity index (χ0) is 15.1. The lowest BCUT2D eigenvalue weighted by molar-refractivity contribution is -0.156. The maximum Gasteiger partial charge on any atom is 0.309 e. The Labute approximate surface area is 126 Å². The first-order valence-corrected chi connectivity index (χ1v) is 7.69. The molecule has 0 amide bonds. The number of rotatable bonds is 6. The van der Waals surface area contributed by atoms with E-state index in [1.807, 2.05) is 12.1 Å². The van der Waals surface area contributed by atoms with E-state index in [-0.39, 0.29) is 11.9 Å². The first kappa shape index (κ1) is 15.5. The highest BCUT2D eigenvalue weighted by molar-refractivity contribution is 5.79. The van der Waals surface area contributed by atoms with Gasteiger partial charge in [-0.25, -0.2) is 0 Å². The normalized spacial score (nSPS) is 22.4. The van der Waals surface area contributed by atoms with Crippen LogP contribution in [0.5, 0.6) is 0 Å². The monoisotopic (exact) mass is 288 g/mol. The van der Waals surface area contributed by atoms with Crippen LogP contribution in [0.25, 0.3) is 0 Å². The number of nitrogens with zero attached hydrogens (tertiary/aromatic N) is 1. The number of nitrogens with two attached hydrogens (primary N) is 1. The summed E-state index contributed by atoms with van der Waals surface area (Å²) in [7, 11) is 0. The summed E-state index contributed by atoms with van der Waals surface area (Å²) in [5, 5.41) is 3.51. The Morgan fingerprint density at radius 3 is 2.76 bits per heavy atom.